The summed E-state index contributed by atoms with van der Waals surface area (Å²) in [6.45, 7) is 0. The molecule has 0 bridgehead atoms. The van der Waals surface area contributed by atoms with Crippen LogP contribution < -0.4 is 0 Å². The van der Waals surface area contributed by atoms with Crippen molar-refractivity contribution in [2.75, 3.05) is 0 Å². The number of nitrogens with zero attached hydrogens (tertiary/aromatic N) is 7. The Kier molecular flexibility index (Phi) is 4.28. The highest BCUT2D eigenvalue weighted by molar-refractivity contribution is 6.35. The second-order valence-corrected chi connectivity index (χ2v) is 8.24. The van der Waals surface area contributed by atoms with E-state index in [4.69, 9.17) is 28.2 Å². The van der Waals surface area contributed by atoms with Gasteiger partial charge in [-0.15, -0.1) is 10.2 Å². The third-order valence-electron chi connectivity index (χ3n) is 5.48. The van der Waals surface area contributed by atoms with Crippen molar-refractivity contribution in [1.82, 2.24) is 33.9 Å². The van der Waals surface area contributed by atoms with Crippen LogP contribution in [0.2, 0.25) is 10.0 Å². The van der Waals surface area contributed by atoms with E-state index in [2.05, 4.69) is 21.4 Å². The van der Waals surface area contributed by atoms with Crippen molar-refractivity contribution in [3.05, 3.63) is 83.4 Å². The van der Waals surface area contributed by atoms with Crippen LogP contribution in [-0.4, -0.2) is 33.9 Å². The lowest BCUT2D eigenvalue weighted by atomic mass is 10.1. The number of benzene rings is 2. The van der Waals surface area contributed by atoms with Crippen LogP contribution in [0.5, 0.6) is 0 Å². The molecule has 0 spiro atoms. The molecular weight excluding hydrogens is 445 g/mol. The maximum atomic E-state index is 6.56. The van der Waals surface area contributed by atoms with Gasteiger partial charge < -0.3 is 0 Å². The van der Waals surface area contributed by atoms with Gasteiger partial charge in [0.15, 0.2) is 5.82 Å². The first-order valence-corrected chi connectivity index (χ1v) is 10.6. The van der Waals surface area contributed by atoms with E-state index >= 15 is 0 Å². The number of aryl methyl sites for hydroxylation is 1. The van der Waals surface area contributed by atoms with Gasteiger partial charge in [0.05, 0.1) is 16.7 Å². The lowest BCUT2D eigenvalue weighted by molar-refractivity contribution is 0.797. The van der Waals surface area contributed by atoms with Crippen molar-refractivity contribution in [3.63, 3.8) is 0 Å². The van der Waals surface area contributed by atoms with Crippen LogP contribution in [0.25, 0.3) is 45.0 Å². The second-order valence-electron chi connectivity index (χ2n) is 7.40. The SMILES string of the molecule is Cn1ncc2cc(-n3cnnc3-c3c(-c4cc(Cl)ccc4Cl)nc4ccccn34)ccc21. The smallest absolute Gasteiger partial charge is 0.187 e. The number of imidazole rings is 1. The first-order valence-electron chi connectivity index (χ1n) is 9.85. The van der Waals surface area contributed by atoms with Crippen LogP contribution in [0.15, 0.2) is 73.3 Å². The van der Waals surface area contributed by atoms with Crippen LogP contribution in [0.1, 0.15) is 0 Å². The van der Waals surface area contributed by atoms with Gasteiger partial charge in [-0.3, -0.25) is 13.6 Å². The zero-order chi connectivity index (χ0) is 21.8. The number of hydrogen-bond acceptors (Lipinski definition) is 4. The van der Waals surface area contributed by atoms with Gasteiger partial charge in [0.1, 0.15) is 23.4 Å². The summed E-state index contributed by atoms with van der Waals surface area (Å²) >= 11 is 12.8. The average molecular weight is 460 g/mol. The molecule has 9 heteroatoms. The quantitative estimate of drug-likeness (QED) is 0.353. The number of aromatic nitrogens is 7. The number of rotatable bonds is 3. The van der Waals surface area contributed by atoms with E-state index in [1.165, 1.54) is 0 Å². The second kappa shape index (κ2) is 7.19. The Hall–Kier alpha value is -3.68. The molecule has 2 aromatic carbocycles. The molecule has 0 aliphatic heterocycles. The van der Waals surface area contributed by atoms with Gasteiger partial charge in [0, 0.05) is 34.9 Å². The van der Waals surface area contributed by atoms with E-state index in [9.17, 15) is 0 Å². The Morgan fingerprint density at radius 2 is 1.88 bits per heavy atom. The Morgan fingerprint density at radius 1 is 0.969 bits per heavy atom. The fraction of sp³-hybridized carbons (Fsp3) is 0.0435. The first-order chi connectivity index (χ1) is 15.6. The van der Waals surface area contributed by atoms with E-state index < -0.39 is 0 Å². The van der Waals surface area contributed by atoms with E-state index in [0.29, 0.717) is 21.6 Å². The molecule has 32 heavy (non-hydrogen) atoms. The van der Waals surface area contributed by atoms with Gasteiger partial charge in [0.2, 0.25) is 0 Å². The Labute approximate surface area is 192 Å². The highest BCUT2D eigenvalue weighted by Gasteiger charge is 2.23. The molecule has 4 aromatic heterocycles. The minimum absolute atomic E-state index is 0.557. The van der Waals surface area contributed by atoms with Gasteiger partial charge in [-0.05, 0) is 48.5 Å². The lowest BCUT2D eigenvalue weighted by Crippen LogP contribution is -2.00. The summed E-state index contributed by atoms with van der Waals surface area (Å²) in [6, 6.07) is 17.3. The minimum atomic E-state index is 0.557. The largest absolute Gasteiger partial charge is 0.296 e. The standard InChI is InChI=1S/C23H15Cl2N7/c1-30-19-8-6-16(10-14(19)12-27-30)32-13-26-29-23(32)22-21(17-11-15(24)5-7-18(17)25)28-20-4-2-3-9-31(20)22/h2-13H,1H3. The van der Waals surface area contributed by atoms with Gasteiger partial charge in [-0.2, -0.15) is 5.10 Å². The first kappa shape index (κ1) is 19.0. The molecule has 0 aliphatic rings. The molecule has 6 aromatic rings. The van der Waals surface area contributed by atoms with Gasteiger partial charge in [-0.25, -0.2) is 4.98 Å². The van der Waals surface area contributed by atoms with Crippen LogP contribution in [0.4, 0.5) is 0 Å². The molecule has 0 saturated carbocycles. The van der Waals surface area contributed by atoms with E-state index in [-0.39, 0.29) is 0 Å². The molecule has 6 rings (SSSR count). The molecule has 156 valence electrons. The average Bonchev–Trinajstić information content (AvgIpc) is 3.51. The van der Waals surface area contributed by atoms with Gasteiger partial charge in [0.25, 0.3) is 0 Å². The highest BCUT2D eigenvalue weighted by atomic mass is 35.5. The molecule has 0 unspecified atom stereocenters. The third-order valence-corrected chi connectivity index (χ3v) is 6.05. The molecule has 0 amide bonds. The summed E-state index contributed by atoms with van der Waals surface area (Å²) in [4.78, 5) is 4.85. The molecule has 0 atom stereocenters. The summed E-state index contributed by atoms with van der Waals surface area (Å²) in [7, 11) is 1.92. The van der Waals surface area contributed by atoms with Gasteiger partial charge in [-0.1, -0.05) is 29.3 Å². The van der Waals surface area contributed by atoms with Crippen molar-refractivity contribution < 1.29 is 0 Å². The highest BCUT2D eigenvalue weighted by Crippen LogP contribution is 2.37. The third kappa shape index (κ3) is 2.90. The molecule has 0 N–H and O–H groups in total. The lowest BCUT2D eigenvalue weighted by Gasteiger charge is -2.10. The Bertz CT molecular complexity index is 1630. The molecule has 7 nitrogen and oxygen atoms in total. The van der Waals surface area contributed by atoms with Crippen molar-refractivity contribution in [3.8, 4) is 28.5 Å². The van der Waals surface area contributed by atoms with E-state index in [1.54, 1.807) is 18.5 Å². The van der Waals surface area contributed by atoms with Crippen molar-refractivity contribution in [2.45, 2.75) is 0 Å². The van der Waals surface area contributed by atoms with Crippen LogP contribution in [0.3, 0.4) is 0 Å². The monoisotopic (exact) mass is 459 g/mol. The molecule has 0 radical (unpaired) electrons. The zero-order valence-corrected chi connectivity index (χ0v) is 18.3. The van der Waals surface area contributed by atoms with Crippen molar-refractivity contribution >= 4 is 39.8 Å². The summed E-state index contributed by atoms with van der Waals surface area (Å²) in [5.74, 6) is 0.637. The zero-order valence-electron chi connectivity index (χ0n) is 16.8. The Balaban J connectivity index is 1.63. The Morgan fingerprint density at radius 3 is 2.78 bits per heavy atom. The fourth-order valence-electron chi connectivity index (χ4n) is 3.96. The van der Waals surface area contributed by atoms with E-state index in [0.717, 1.165) is 33.5 Å². The molecule has 4 heterocycles. The molecular formula is C23H15Cl2N7. The predicted octanol–water partition coefficient (Wildman–Crippen LogP) is 5.44. The summed E-state index contributed by atoms with van der Waals surface area (Å²) < 4.78 is 5.76. The normalized spacial score (nSPS) is 11.6. The van der Waals surface area contributed by atoms with Crippen molar-refractivity contribution in [2.24, 2.45) is 7.05 Å². The topological polar surface area (TPSA) is 65.8 Å². The molecule has 0 aliphatic carbocycles. The number of hydrogen-bond donors (Lipinski definition) is 0. The fourth-order valence-corrected chi connectivity index (χ4v) is 4.34. The molecule has 0 saturated heterocycles. The summed E-state index contributed by atoms with van der Waals surface area (Å²) in [5.41, 5.74) is 4.92. The van der Waals surface area contributed by atoms with Crippen molar-refractivity contribution in [1.29, 1.82) is 0 Å². The van der Waals surface area contributed by atoms with Gasteiger partial charge >= 0.3 is 0 Å². The van der Waals surface area contributed by atoms with Crippen LogP contribution >= 0.6 is 23.2 Å². The minimum Gasteiger partial charge on any atom is -0.296 e. The molecule has 0 fully saturated rings. The van der Waals surface area contributed by atoms with Crippen LogP contribution in [0, 0.1) is 0 Å². The summed E-state index contributed by atoms with van der Waals surface area (Å²) in [5, 5.41) is 15.2. The number of halogens is 2. The number of fused-ring (bicyclic) bond motifs is 2. The number of pyridine rings is 1. The summed E-state index contributed by atoms with van der Waals surface area (Å²) in [6.07, 6.45) is 5.48. The maximum absolute atomic E-state index is 6.56. The van der Waals surface area contributed by atoms with E-state index in [1.807, 2.05) is 69.5 Å². The van der Waals surface area contributed by atoms with Crippen LogP contribution in [-0.2, 0) is 7.05 Å². The maximum Gasteiger partial charge on any atom is 0.187 e. The predicted molar refractivity (Wildman–Crippen MR) is 125 cm³/mol.